The van der Waals surface area contributed by atoms with Gasteiger partial charge in [0.15, 0.2) is 0 Å². The third-order valence-corrected chi connectivity index (χ3v) is 8.22. The molecule has 1 aromatic heterocycles. The van der Waals surface area contributed by atoms with Gasteiger partial charge in [-0.25, -0.2) is 8.78 Å². The van der Waals surface area contributed by atoms with Crippen LogP contribution in [0.2, 0.25) is 10.0 Å². The van der Waals surface area contributed by atoms with Crippen molar-refractivity contribution in [2.75, 3.05) is 13.1 Å². The summed E-state index contributed by atoms with van der Waals surface area (Å²) in [6.45, 7) is 11.7. The lowest BCUT2D eigenvalue weighted by Crippen LogP contribution is -2.39. The molecule has 0 aliphatic carbocycles. The molecule has 0 spiro atoms. The summed E-state index contributed by atoms with van der Waals surface area (Å²) < 4.78 is 30.0. The third kappa shape index (κ3) is 5.39. The van der Waals surface area contributed by atoms with E-state index in [0.29, 0.717) is 64.6 Å². The molecule has 202 valence electrons. The number of likely N-dealkylation sites (tertiary alicyclic amines) is 1. The van der Waals surface area contributed by atoms with Crippen molar-refractivity contribution in [2.24, 2.45) is 5.92 Å². The second-order valence-electron chi connectivity index (χ2n) is 10.3. The van der Waals surface area contributed by atoms with E-state index in [0.717, 1.165) is 30.8 Å². The maximum atomic E-state index is 14.1. The molecule has 2 heterocycles. The normalized spacial score (nSPS) is 14.8. The number of ketones is 1. The summed E-state index contributed by atoms with van der Waals surface area (Å²) in [5.74, 6) is -2.61. The smallest absolute Gasteiger partial charge is 0.270 e. The van der Waals surface area contributed by atoms with Gasteiger partial charge in [-0.05, 0) is 68.0 Å². The van der Waals surface area contributed by atoms with E-state index in [2.05, 4.69) is 6.58 Å². The van der Waals surface area contributed by atoms with Crippen molar-refractivity contribution in [1.82, 2.24) is 9.47 Å². The number of amides is 1. The highest BCUT2D eigenvalue weighted by Crippen LogP contribution is 2.39. The van der Waals surface area contributed by atoms with Gasteiger partial charge >= 0.3 is 0 Å². The monoisotopic (exact) mass is 560 g/mol. The largest absolute Gasteiger partial charge is 0.339 e. The molecule has 1 fully saturated rings. The molecular formula is C30H32Cl2F2N2O2. The number of piperidine rings is 1. The van der Waals surface area contributed by atoms with Gasteiger partial charge in [0, 0.05) is 61.3 Å². The van der Waals surface area contributed by atoms with Crippen molar-refractivity contribution in [1.29, 1.82) is 0 Å². The minimum Gasteiger partial charge on any atom is -0.339 e. The van der Waals surface area contributed by atoms with Gasteiger partial charge in [0.1, 0.15) is 5.78 Å². The Kier molecular flexibility index (Phi) is 8.06. The number of nitrogens with zero attached hydrogens (tertiary/aromatic N) is 2. The topological polar surface area (TPSA) is 42.3 Å². The van der Waals surface area contributed by atoms with Gasteiger partial charge in [-0.15, -0.1) is 0 Å². The van der Waals surface area contributed by atoms with Gasteiger partial charge < -0.3 is 9.47 Å². The molecular weight excluding hydrogens is 529 g/mol. The average Bonchev–Trinajstić information content (AvgIpc) is 3.20. The first-order chi connectivity index (χ1) is 17.8. The molecule has 0 atom stereocenters. The van der Waals surface area contributed by atoms with E-state index in [1.165, 1.54) is 12.1 Å². The molecule has 0 saturated carbocycles. The molecule has 1 amide bonds. The van der Waals surface area contributed by atoms with E-state index < -0.39 is 5.92 Å². The van der Waals surface area contributed by atoms with Gasteiger partial charge in [-0.2, -0.15) is 0 Å². The zero-order chi connectivity index (χ0) is 27.9. The molecule has 0 unspecified atom stereocenters. The summed E-state index contributed by atoms with van der Waals surface area (Å²) >= 11 is 13.4. The van der Waals surface area contributed by atoms with E-state index in [4.69, 9.17) is 23.2 Å². The van der Waals surface area contributed by atoms with Gasteiger partial charge in [0.25, 0.3) is 11.8 Å². The SMILES string of the molecule is C=C(c1c(Cl)ccc(C(=O)N2CCC(CC(=O)CC)CC2)c1Cl)n1cc(C)c2cc(C(C)(F)F)cc(C)c21. The molecule has 0 N–H and O–H groups in total. The highest BCUT2D eigenvalue weighted by atomic mass is 35.5. The molecule has 3 aromatic rings. The number of hydrogen-bond acceptors (Lipinski definition) is 2. The van der Waals surface area contributed by atoms with E-state index >= 15 is 0 Å². The fraction of sp³-hybridized carbons (Fsp3) is 0.400. The Bertz CT molecular complexity index is 1430. The summed E-state index contributed by atoms with van der Waals surface area (Å²) in [5, 5.41) is 1.22. The van der Waals surface area contributed by atoms with Crippen molar-refractivity contribution in [3.8, 4) is 0 Å². The molecule has 4 rings (SSSR count). The lowest BCUT2D eigenvalue weighted by Gasteiger charge is -2.32. The number of alkyl halides is 2. The van der Waals surface area contributed by atoms with E-state index in [-0.39, 0.29) is 22.3 Å². The number of benzene rings is 2. The van der Waals surface area contributed by atoms with Crippen LogP contribution in [-0.2, 0) is 10.7 Å². The number of rotatable bonds is 7. The van der Waals surface area contributed by atoms with Crippen LogP contribution in [0.4, 0.5) is 8.78 Å². The van der Waals surface area contributed by atoms with Crippen molar-refractivity contribution < 1.29 is 18.4 Å². The van der Waals surface area contributed by atoms with Crippen LogP contribution < -0.4 is 0 Å². The Morgan fingerprint density at radius 3 is 2.37 bits per heavy atom. The summed E-state index contributed by atoms with van der Waals surface area (Å²) in [6.07, 6.45) is 4.46. The fourth-order valence-corrected chi connectivity index (χ4v) is 5.94. The molecule has 8 heteroatoms. The first-order valence-corrected chi connectivity index (χ1v) is 13.6. The second kappa shape index (κ2) is 10.8. The number of carbonyl (C=O) groups excluding carboxylic acids is 2. The lowest BCUT2D eigenvalue weighted by molar-refractivity contribution is -0.119. The standard InChI is InChI=1S/C30H32Cl2F2N2O2/c1-6-22(37)14-20-9-11-35(12-10-20)29(38)23-7-8-25(31)26(27(23)32)19(4)36-16-18(3)24-15-21(30(5,33)34)13-17(2)28(24)36/h7-8,13,15-16,20H,4,6,9-12,14H2,1-3,5H3. The van der Waals surface area contributed by atoms with Crippen molar-refractivity contribution in [2.45, 2.75) is 59.3 Å². The second-order valence-corrected chi connectivity index (χ2v) is 11.1. The molecule has 4 nitrogen and oxygen atoms in total. The zero-order valence-electron chi connectivity index (χ0n) is 22.1. The quantitative estimate of drug-likeness (QED) is 0.291. The Labute approximate surface area is 232 Å². The van der Waals surface area contributed by atoms with Gasteiger partial charge in [0.2, 0.25) is 0 Å². The highest BCUT2D eigenvalue weighted by molar-refractivity contribution is 6.39. The van der Waals surface area contributed by atoms with Crippen molar-refractivity contribution in [3.63, 3.8) is 0 Å². The summed E-state index contributed by atoms with van der Waals surface area (Å²) in [7, 11) is 0. The van der Waals surface area contributed by atoms with E-state index in [1.807, 2.05) is 20.0 Å². The van der Waals surface area contributed by atoms with Crippen LogP contribution in [0.1, 0.15) is 72.1 Å². The predicted molar refractivity (Wildman–Crippen MR) is 150 cm³/mol. The van der Waals surface area contributed by atoms with Crippen LogP contribution in [-0.4, -0.2) is 34.2 Å². The van der Waals surface area contributed by atoms with Crippen LogP contribution in [0.25, 0.3) is 16.6 Å². The number of halogens is 4. The zero-order valence-corrected chi connectivity index (χ0v) is 23.6. The Morgan fingerprint density at radius 1 is 1.11 bits per heavy atom. The van der Waals surface area contributed by atoms with Crippen LogP contribution in [0.5, 0.6) is 0 Å². The number of Topliss-reactive ketones (excluding diaryl/α,β-unsaturated/α-hetero) is 1. The Balaban J connectivity index is 1.67. The Hall–Kier alpha value is -2.70. The maximum Gasteiger partial charge on any atom is 0.270 e. The number of fused-ring (bicyclic) bond motifs is 1. The van der Waals surface area contributed by atoms with Crippen molar-refractivity contribution in [3.05, 3.63) is 74.9 Å². The van der Waals surface area contributed by atoms with Crippen LogP contribution in [0, 0.1) is 19.8 Å². The van der Waals surface area contributed by atoms with E-state index in [1.54, 1.807) is 28.5 Å². The number of hydrogen-bond donors (Lipinski definition) is 0. The summed E-state index contributed by atoms with van der Waals surface area (Å²) in [4.78, 5) is 27.0. The molecule has 1 aliphatic heterocycles. The highest BCUT2D eigenvalue weighted by Gasteiger charge is 2.29. The first-order valence-electron chi connectivity index (χ1n) is 12.8. The van der Waals surface area contributed by atoms with Gasteiger partial charge in [0.05, 0.1) is 21.1 Å². The molecule has 1 aliphatic rings. The molecule has 2 aromatic carbocycles. The number of carbonyl (C=O) groups is 2. The third-order valence-electron chi connectivity index (χ3n) is 7.51. The van der Waals surface area contributed by atoms with Crippen LogP contribution in [0.15, 0.2) is 37.0 Å². The summed E-state index contributed by atoms with van der Waals surface area (Å²) in [5.41, 5.74) is 3.34. The molecule has 1 saturated heterocycles. The molecule has 38 heavy (non-hydrogen) atoms. The molecule has 0 bridgehead atoms. The lowest BCUT2D eigenvalue weighted by atomic mass is 9.91. The molecule has 0 radical (unpaired) electrons. The van der Waals surface area contributed by atoms with Crippen LogP contribution >= 0.6 is 23.2 Å². The Morgan fingerprint density at radius 2 is 1.76 bits per heavy atom. The average molecular weight is 562 g/mol. The minimum absolute atomic E-state index is 0.0551. The minimum atomic E-state index is -2.97. The fourth-order valence-electron chi connectivity index (χ4n) is 5.27. The predicted octanol–water partition coefficient (Wildman–Crippen LogP) is 8.42. The van der Waals surface area contributed by atoms with Crippen molar-refractivity contribution >= 4 is 51.5 Å². The van der Waals surface area contributed by atoms with Gasteiger partial charge in [-0.3, -0.25) is 9.59 Å². The van der Waals surface area contributed by atoms with Crippen LogP contribution in [0.3, 0.4) is 0 Å². The number of aryl methyl sites for hydroxylation is 2. The van der Waals surface area contributed by atoms with Gasteiger partial charge in [-0.1, -0.05) is 36.7 Å². The number of aromatic nitrogens is 1. The maximum absolute atomic E-state index is 14.1. The first kappa shape index (κ1) is 28.3. The van der Waals surface area contributed by atoms with E-state index in [9.17, 15) is 18.4 Å². The summed E-state index contributed by atoms with van der Waals surface area (Å²) in [6, 6.07) is 6.24.